The summed E-state index contributed by atoms with van der Waals surface area (Å²) in [4.78, 5) is 47.7. The van der Waals surface area contributed by atoms with Gasteiger partial charge in [-0.15, -0.1) is 23.1 Å². The number of thiazole rings is 1. The van der Waals surface area contributed by atoms with Crippen molar-refractivity contribution in [2.45, 2.75) is 22.5 Å². The number of morpholine rings is 1. The summed E-state index contributed by atoms with van der Waals surface area (Å²) < 4.78 is 11.1. The summed E-state index contributed by atoms with van der Waals surface area (Å²) in [6, 6.07) is 5.58. The first kappa shape index (κ1) is 25.3. The zero-order valence-electron chi connectivity index (χ0n) is 19.9. The molecule has 192 valence electrons. The molecule has 2 saturated heterocycles. The number of hydrogen-bond donors (Lipinski definition) is 0. The second-order valence-corrected chi connectivity index (χ2v) is 11.9. The fourth-order valence-corrected chi connectivity index (χ4v) is 7.16. The maximum atomic E-state index is 13.4. The molecule has 0 N–H and O–H groups in total. The van der Waals surface area contributed by atoms with Crippen LogP contribution in [0.25, 0.3) is 0 Å². The topological polar surface area (TPSA) is 92.3 Å². The Morgan fingerprint density at radius 1 is 1.17 bits per heavy atom. The number of rotatable bonds is 5. The number of halogens is 1. The molecule has 12 heteroatoms. The van der Waals surface area contributed by atoms with Gasteiger partial charge in [0.25, 0.3) is 0 Å². The molecule has 2 aromatic rings. The van der Waals surface area contributed by atoms with E-state index in [-0.39, 0.29) is 29.7 Å². The highest BCUT2D eigenvalue weighted by molar-refractivity contribution is 8.01. The number of fused-ring (bicyclic) bond motifs is 2. The van der Waals surface area contributed by atoms with Crippen molar-refractivity contribution >= 4 is 58.3 Å². The van der Waals surface area contributed by atoms with Crippen molar-refractivity contribution in [1.29, 1.82) is 0 Å². The SMILES string of the molecule is COC(=O)N1CCC2(C1)CN(C(=O)Cc1ncc(SCC(=O)N3CCOCC3)s1)c1ccc(Cl)cc12. The molecule has 3 amide bonds. The molecule has 0 saturated carbocycles. The third-order valence-electron chi connectivity index (χ3n) is 6.91. The molecule has 0 radical (unpaired) electrons. The largest absolute Gasteiger partial charge is 0.453 e. The van der Waals surface area contributed by atoms with Gasteiger partial charge in [-0.1, -0.05) is 11.6 Å². The molecule has 1 spiro atoms. The predicted octanol–water partition coefficient (Wildman–Crippen LogP) is 3.05. The smallest absolute Gasteiger partial charge is 0.409 e. The lowest BCUT2D eigenvalue weighted by atomic mass is 9.81. The predicted molar refractivity (Wildman–Crippen MR) is 138 cm³/mol. The highest BCUT2D eigenvalue weighted by atomic mass is 35.5. The van der Waals surface area contributed by atoms with Crippen LogP contribution in [0.3, 0.4) is 0 Å². The highest BCUT2D eigenvalue weighted by Crippen LogP contribution is 2.47. The number of methoxy groups -OCH3 is 1. The Bertz CT molecular complexity index is 1170. The third-order valence-corrected chi connectivity index (χ3v) is 9.32. The zero-order chi connectivity index (χ0) is 25.3. The first-order valence-electron chi connectivity index (χ1n) is 11.7. The Morgan fingerprint density at radius 3 is 2.75 bits per heavy atom. The van der Waals surface area contributed by atoms with Crippen LogP contribution < -0.4 is 4.90 Å². The number of aromatic nitrogens is 1. The van der Waals surface area contributed by atoms with Gasteiger partial charge in [0.05, 0.1) is 42.9 Å². The van der Waals surface area contributed by atoms with Crippen LogP contribution in [-0.2, 0) is 30.9 Å². The summed E-state index contributed by atoms with van der Waals surface area (Å²) in [7, 11) is 1.38. The minimum atomic E-state index is -0.367. The lowest BCUT2D eigenvalue weighted by molar-refractivity contribution is -0.132. The number of anilines is 1. The van der Waals surface area contributed by atoms with Crippen LogP contribution in [0.2, 0.25) is 5.02 Å². The highest BCUT2D eigenvalue weighted by Gasteiger charge is 2.50. The van der Waals surface area contributed by atoms with Gasteiger partial charge in [-0.05, 0) is 30.2 Å². The van der Waals surface area contributed by atoms with Crippen LogP contribution in [0.5, 0.6) is 0 Å². The summed E-state index contributed by atoms with van der Waals surface area (Å²) in [5.41, 5.74) is 1.46. The van der Waals surface area contributed by atoms with E-state index in [0.717, 1.165) is 21.9 Å². The van der Waals surface area contributed by atoms with Crippen LogP contribution in [0.15, 0.2) is 28.6 Å². The molecule has 3 aliphatic heterocycles. The third kappa shape index (κ3) is 5.06. The first-order valence-corrected chi connectivity index (χ1v) is 13.9. The Labute approximate surface area is 222 Å². The molecule has 0 bridgehead atoms. The van der Waals surface area contributed by atoms with Gasteiger partial charge in [0.15, 0.2) is 0 Å². The molecule has 9 nitrogen and oxygen atoms in total. The van der Waals surface area contributed by atoms with Gasteiger partial charge in [-0.25, -0.2) is 9.78 Å². The number of carbonyl (C=O) groups excluding carboxylic acids is 3. The van der Waals surface area contributed by atoms with Gasteiger partial charge >= 0.3 is 6.09 Å². The minimum Gasteiger partial charge on any atom is -0.453 e. The Balaban J connectivity index is 1.25. The van der Waals surface area contributed by atoms with Crippen molar-refractivity contribution in [2.24, 2.45) is 0 Å². The van der Waals surface area contributed by atoms with Gasteiger partial charge in [0.1, 0.15) is 5.01 Å². The summed E-state index contributed by atoms with van der Waals surface area (Å²) in [6.07, 6.45) is 2.27. The fourth-order valence-electron chi connectivity index (χ4n) is 5.07. The molecule has 36 heavy (non-hydrogen) atoms. The summed E-state index contributed by atoms with van der Waals surface area (Å²) in [5.74, 6) is 0.376. The van der Waals surface area contributed by atoms with Gasteiger partial charge in [0, 0.05) is 48.8 Å². The molecule has 4 heterocycles. The Morgan fingerprint density at radius 2 is 1.97 bits per heavy atom. The average Bonchev–Trinajstić information content (AvgIpc) is 3.61. The van der Waals surface area contributed by atoms with Crippen molar-refractivity contribution in [2.75, 3.05) is 63.7 Å². The second kappa shape index (κ2) is 10.6. The molecule has 1 unspecified atom stereocenters. The van der Waals surface area contributed by atoms with E-state index in [4.69, 9.17) is 21.1 Å². The molecule has 1 aromatic heterocycles. The molecule has 1 aromatic carbocycles. The van der Waals surface area contributed by atoms with Gasteiger partial charge < -0.3 is 24.2 Å². The molecule has 1 atom stereocenters. The monoisotopic (exact) mass is 550 g/mol. The molecule has 0 aliphatic carbocycles. The fraction of sp³-hybridized carbons (Fsp3) is 0.500. The van der Waals surface area contributed by atoms with Gasteiger partial charge in [0.2, 0.25) is 11.8 Å². The first-order chi connectivity index (χ1) is 17.4. The quantitative estimate of drug-likeness (QED) is 0.528. The van der Waals surface area contributed by atoms with Crippen LogP contribution in [-0.4, -0.2) is 91.5 Å². The lowest BCUT2D eigenvalue weighted by Crippen LogP contribution is -2.41. The van der Waals surface area contributed by atoms with E-state index >= 15 is 0 Å². The van der Waals surface area contributed by atoms with E-state index in [9.17, 15) is 14.4 Å². The average molecular weight is 551 g/mol. The molecule has 3 aliphatic rings. The Kier molecular flexibility index (Phi) is 7.43. The van der Waals surface area contributed by atoms with Crippen LogP contribution >= 0.6 is 34.7 Å². The number of thioether (sulfide) groups is 1. The summed E-state index contributed by atoms with van der Waals surface area (Å²) in [5, 5.41) is 1.31. The van der Waals surface area contributed by atoms with E-state index in [1.807, 2.05) is 17.0 Å². The number of ether oxygens (including phenoxy) is 2. The number of carbonyl (C=O) groups is 3. The van der Waals surface area contributed by atoms with Gasteiger partial charge in [-0.3, -0.25) is 9.59 Å². The summed E-state index contributed by atoms with van der Waals surface area (Å²) >= 11 is 9.21. The van der Waals surface area contributed by atoms with E-state index in [1.165, 1.54) is 30.2 Å². The standard InChI is InChI=1S/C24H27ClN4O5S2/c1-33-23(32)28-5-4-24(14-28)15-29(18-3-2-16(25)10-17(18)24)20(30)11-19-26-12-22(36-19)35-13-21(31)27-6-8-34-9-7-27/h2-3,10,12H,4-9,11,13-15H2,1H3. The zero-order valence-corrected chi connectivity index (χ0v) is 22.3. The van der Waals surface area contributed by atoms with Gasteiger partial charge in [-0.2, -0.15) is 0 Å². The maximum Gasteiger partial charge on any atom is 0.409 e. The summed E-state index contributed by atoms with van der Waals surface area (Å²) in [6.45, 7) is 3.94. The maximum absolute atomic E-state index is 13.4. The van der Waals surface area contributed by atoms with E-state index in [0.29, 0.717) is 61.7 Å². The molecule has 5 rings (SSSR count). The van der Waals surface area contributed by atoms with E-state index in [2.05, 4.69) is 4.98 Å². The van der Waals surface area contributed by atoms with Crippen molar-refractivity contribution in [3.8, 4) is 0 Å². The van der Waals surface area contributed by atoms with Crippen LogP contribution in [0, 0.1) is 0 Å². The van der Waals surface area contributed by atoms with Crippen molar-refractivity contribution in [3.05, 3.63) is 40.0 Å². The molecule has 2 fully saturated rings. The van der Waals surface area contributed by atoms with Crippen molar-refractivity contribution < 1.29 is 23.9 Å². The number of nitrogens with zero attached hydrogens (tertiary/aromatic N) is 4. The number of likely N-dealkylation sites (tertiary alicyclic amines) is 1. The van der Waals surface area contributed by atoms with Crippen molar-refractivity contribution in [1.82, 2.24) is 14.8 Å². The molecular formula is C24H27ClN4O5S2. The number of amides is 3. The second-order valence-electron chi connectivity index (χ2n) is 9.09. The normalized spacial score (nSPS) is 21.2. The van der Waals surface area contributed by atoms with Crippen LogP contribution in [0.1, 0.15) is 17.0 Å². The van der Waals surface area contributed by atoms with E-state index in [1.54, 1.807) is 22.1 Å². The van der Waals surface area contributed by atoms with Crippen LogP contribution in [0.4, 0.5) is 10.5 Å². The minimum absolute atomic E-state index is 0.0535. The number of benzene rings is 1. The Hall–Kier alpha value is -2.34. The van der Waals surface area contributed by atoms with E-state index < -0.39 is 0 Å². The molecular weight excluding hydrogens is 524 g/mol. The lowest BCUT2D eigenvalue weighted by Gasteiger charge is -2.26. The van der Waals surface area contributed by atoms with Crippen molar-refractivity contribution in [3.63, 3.8) is 0 Å². The number of hydrogen-bond acceptors (Lipinski definition) is 8.